The Morgan fingerprint density at radius 1 is 1.05 bits per heavy atom. The van der Waals surface area contributed by atoms with Gasteiger partial charge in [-0.05, 0) is 30.2 Å². The highest BCUT2D eigenvalue weighted by Crippen LogP contribution is 2.26. The van der Waals surface area contributed by atoms with Gasteiger partial charge < -0.3 is 9.47 Å². The van der Waals surface area contributed by atoms with E-state index < -0.39 is 5.97 Å². The number of para-hydroxylation sites is 2. The third-order valence-electron chi connectivity index (χ3n) is 2.85. The van der Waals surface area contributed by atoms with Crippen molar-refractivity contribution in [2.75, 3.05) is 7.11 Å². The molecule has 0 aliphatic carbocycles. The van der Waals surface area contributed by atoms with E-state index in [0.29, 0.717) is 23.5 Å². The lowest BCUT2D eigenvalue weighted by Gasteiger charge is -2.08. The van der Waals surface area contributed by atoms with Gasteiger partial charge in [0.1, 0.15) is 5.82 Å². The van der Waals surface area contributed by atoms with Gasteiger partial charge in [-0.1, -0.05) is 30.3 Å². The van der Waals surface area contributed by atoms with E-state index in [4.69, 9.17) is 9.47 Å². The number of esters is 1. The fourth-order valence-corrected chi connectivity index (χ4v) is 1.81. The topological polar surface area (TPSA) is 35.5 Å². The molecule has 0 saturated carbocycles. The molecule has 2 aromatic rings. The van der Waals surface area contributed by atoms with Crippen molar-refractivity contribution in [3.63, 3.8) is 0 Å². The molecule has 0 radical (unpaired) electrons. The number of benzene rings is 2. The standard InChI is InChI=1S/C16H15FO3/c1-19-14-8-4-5-9-15(14)20-16(18)11-10-12-6-2-3-7-13(12)17/h2-9H,10-11H2,1H3. The number of aryl methyl sites for hydroxylation is 1. The molecule has 0 saturated heterocycles. The number of rotatable bonds is 5. The summed E-state index contributed by atoms with van der Waals surface area (Å²) in [5, 5.41) is 0. The number of methoxy groups -OCH3 is 1. The van der Waals surface area contributed by atoms with Crippen LogP contribution in [0.25, 0.3) is 0 Å². The van der Waals surface area contributed by atoms with E-state index in [0.717, 1.165) is 0 Å². The molecule has 0 atom stereocenters. The van der Waals surface area contributed by atoms with E-state index in [1.807, 2.05) is 0 Å². The normalized spacial score (nSPS) is 10.1. The first-order valence-corrected chi connectivity index (χ1v) is 6.28. The fourth-order valence-electron chi connectivity index (χ4n) is 1.81. The Bertz CT molecular complexity index is 596. The Kier molecular flexibility index (Phi) is 4.71. The van der Waals surface area contributed by atoms with Crippen molar-refractivity contribution in [3.05, 3.63) is 59.9 Å². The lowest BCUT2D eigenvalue weighted by atomic mass is 10.1. The predicted octanol–water partition coefficient (Wildman–Crippen LogP) is 3.37. The van der Waals surface area contributed by atoms with Crippen molar-refractivity contribution in [3.8, 4) is 11.5 Å². The Morgan fingerprint density at radius 2 is 1.70 bits per heavy atom. The van der Waals surface area contributed by atoms with E-state index >= 15 is 0 Å². The average molecular weight is 274 g/mol. The lowest BCUT2D eigenvalue weighted by molar-refractivity contribution is -0.134. The summed E-state index contributed by atoms with van der Waals surface area (Å²) >= 11 is 0. The molecule has 104 valence electrons. The molecule has 0 aliphatic heterocycles. The monoisotopic (exact) mass is 274 g/mol. The van der Waals surface area contributed by atoms with Crippen molar-refractivity contribution in [2.24, 2.45) is 0 Å². The number of ether oxygens (including phenoxy) is 2. The van der Waals surface area contributed by atoms with Gasteiger partial charge in [-0.3, -0.25) is 4.79 Å². The highest BCUT2D eigenvalue weighted by atomic mass is 19.1. The molecule has 3 nitrogen and oxygen atoms in total. The van der Waals surface area contributed by atoms with E-state index in [1.54, 1.807) is 42.5 Å². The van der Waals surface area contributed by atoms with Crippen LogP contribution in [0.3, 0.4) is 0 Å². The minimum atomic E-state index is -0.419. The summed E-state index contributed by atoms with van der Waals surface area (Å²) < 4.78 is 23.7. The second-order valence-electron chi connectivity index (χ2n) is 4.22. The van der Waals surface area contributed by atoms with Crippen LogP contribution < -0.4 is 9.47 Å². The van der Waals surface area contributed by atoms with Gasteiger partial charge in [-0.2, -0.15) is 0 Å². The maximum atomic E-state index is 13.4. The summed E-state index contributed by atoms with van der Waals surface area (Å²) in [6.45, 7) is 0. The minimum absolute atomic E-state index is 0.110. The molecule has 0 unspecified atom stereocenters. The van der Waals surface area contributed by atoms with Crippen molar-refractivity contribution < 1.29 is 18.7 Å². The largest absolute Gasteiger partial charge is 0.493 e. The van der Waals surface area contributed by atoms with Gasteiger partial charge in [0.2, 0.25) is 0 Å². The molecule has 2 rings (SSSR count). The minimum Gasteiger partial charge on any atom is -0.493 e. The SMILES string of the molecule is COc1ccccc1OC(=O)CCc1ccccc1F. The zero-order valence-corrected chi connectivity index (χ0v) is 11.1. The molecule has 0 spiro atoms. The van der Waals surface area contributed by atoms with Crippen molar-refractivity contribution >= 4 is 5.97 Å². The highest BCUT2D eigenvalue weighted by molar-refractivity contribution is 5.73. The first-order chi connectivity index (χ1) is 9.70. The zero-order chi connectivity index (χ0) is 14.4. The second kappa shape index (κ2) is 6.70. The molecular formula is C16H15FO3. The van der Waals surface area contributed by atoms with Crippen molar-refractivity contribution in [1.29, 1.82) is 0 Å². The third kappa shape index (κ3) is 3.57. The van der Waals surface area contributed by atoms with Crippen molar-refractivity contribution in [2.45, 2.75) is 12.8 Å². The van der Waals surface area contributed by atoms with Crippen LogP contribution in [0.1, 0.15) is 12.0 Å². The van der Waals surface area contributed by atoms with E-state index in [9.17, 15) is 9.18 Å². The summed E-state index contributed by atoms with van der Waals surface area (Å²) in [7, 11) is 1.51. The zero-order valence-electron chi connectivity index (χ0n) is 11.1. The van der Waals surface area contributed by atoms with E-state index in [-0.39, 0.29) is 12.2 Å². The highest BCUT2D eigenvalue weighted by Gasteiger charge is 2.10. The van der Waals surface area contributed by atoms with Crippen LogP contribution in [0.2, 0.25) is 0 Å². The van der Waals surface area contributed by atoms with Crippen LogP contribution in [-0.2, 0) is 11.2 Å². The van der Waals surface area contributed by atoms with Gasteiger partial charge in [-0.25, -0.2) is 4.39 Å². The molecule has 0 N–H and O–H groups in total. The summed E-state index contributed by atoms with van der Waals surface area (Å²) in [6, 6.07) is 13.3. The summed E-state index contributed by atoms with van der Waals surface area (Å²) in [5.74, 6) is 0.135. The Hall–Kier alpha value is -2.36. The van der Waals surface area contributed by atoms with Gasteiger partial charge >= 0.3 is 5.97 Å². The molecule has 2 aromatic carbocycles. The Morgan fingerprint density at radius 3 is 2.40 bits per heavy atom. The van der Waals surface area contributed by atoms with Crippen LogP contribution in [0, 0.1) is 5.82 Å². The number of hydrogen-bond acceptors (Lipinski definition) is 3. The number of hydrogen-bond donors (Lipinski definition) is 0. The first kappa shape index (κ1) is 14.1. The van der Waals surface area contributed by atoms with E-state index in [1.165, 1.54) is 13.2 Å². The van der Waals surface area contributed by atoms with Gasteiger partial charge in [0.25, 0.3) is 0 Å². The second-order valence-corrected chi connectivity index (χ2v) is 4.22. The van der Waals surface area contributed by atoms with Gasteiger partial charge in [0, 0.05) is 0 Å². The maximum Gasteiger partial charge on any atom is 0.311 e. The van der Waals surface area contributed by atoms with Crippen molar-refractivity contribution in [1.82, 2.24) is 0 Å². The Labute approximate surface area is 117 Å². The van der Waals surface area contributed by atoms with Crippen LogP contribution in [0.4, 0.5) is 4.39 Å². The van der Waals surface area contributed by atoms with Crippen LogP contribution in [0.15, 0.2) is 48.5 Å². The molecule has 0 amide bonds. The van der Waals surface area contributed by atoms with Crippen LogP contribution in [0.5, 0.6) is 11.5 Å². The Balaban J connectivity index is 1.95. The number of carbonyl (C=O) groups excluding carboxylic acids is 1. The molecular weight excluding hydrogens is 259 g/mol. The van der Waals surface area contributed by atoms with Gasteiger partial charge in [0.15, 0.2) is 11.5 Å². The number of halogens is 1. The molecule has 0 fully saturated rings. The summed E-state index contributed by atoms with van der Waals surface area (Å²) in [5.41, 5.74) is 0.504. The first-order valence-electron chi connectivity index (χ1n) is 6.28. The average Bonchev–Trinajstić information content (AvgIpc) is 2.47. The summed E-state index contributed by atoms with van der Waals surface area (Å²) in [4.78, 5) is 11.8. The maximum absolute atomic E-state index is 13.4. The number of carbonyl (C=O) groups is 1. The van der Waals surface area contributed by atoms with E-state index in [2.05, 4.69) is 0 Å². The molecule has 0 aromatic heterocycles. The smallest absolute Gasteiger partial charge is 0.311 e. The van der Waals surface area contributed by atoms with Crippen LogP contribution >= 0.6 is 0 Å². The van der Waals surface area contributed by atoms with Gasteiger partial charge in [-0.15, -0.1) is 0 Å². The molecule has 0 aliphatic rings. The molecule has 4 heteroatoms. The fraction of sp³-hybridized carbons (Fsp3) is 0.188. The predicted molar refractivity (Wildman–Crippen MR) is 73.4 cm³/mol. The quantitative estimate of drug-likeness (QED) is 0.619. The summed E-state index contributed by atoms with van der Waals surface area (Å²) in [6.07, 6.45) is 0.416. The lowest BCUT2D eigenvalue weighted by Crippen LogP contribution is -2.10. The van der Waals surface area contributed by atoms with Gasteiger partial charge in [0.05, 0.1) is 13.5 Å². The third-order valence-corrected chi connectivity index (χ3v) is 2.85. The molecule has 20 heavy (non-hydrogen) atoms. The molecule has 0 heterocycles. The van der Waals surface area contributed by atoms with Crippen LogP contribution in [-0.4, -0.2) is 13.1 Å². The molecule has 0 bridgehead atoms.